The van der Waals surface area contributed by atoms with Crippen LogP contribution >= 0.6 is 0 Å². The summed E-state index contributed by atoms with van der Waals surface area (Å²) in [6, 6.07) is 3.53. The van der Waals surface area contributed by atoms with E-state index in [0.717, 1.165) is 24.0 Å². The van der Waals surface area contributed by atoms with Gasteiger partial charge in [0.1, 0.15) is 17.0 Å². The molecule has 168 valence electrons. The number of nitrogen functional groups attached to an aromatic ring is 1. The lowest BCUT2D eigenvalue weighted by Gasteiger charge is -2.17. The van der Waals surface area contributed by atoms with E-state index in [-0.39, 0.29) is 24.6 Å². The van der Waals surface area contributed by atoms with Crippen LogP contribution in [0.25, 0.3) is 11.0 Å². The third-order valence-corrected chi connectivity index (χ3v) is 5.10. The fourth-order valence-electron chi connectivity index (χ4n) is 3.49. The zero-order valence-electron chi connectivity index (χ0n) is 18.4. The van der Waals surface area contributed by atoms with E-state index in [0.29, 0.717) is 34.9 Å². The van der Waals surface area contributed by atoms with Crippen molar-refractivity contribution in [2.75, 3.05) is 31.9 Å². The standard InChI is InChI=1S/C21H31N7O3/c1-5-6-14(11-29)24-20-19-16(25-21(23)26-20)10-28(27-19)9-15-17(30-3)7-13(12(2)22)8-18(15)31-4/h7-8,10,12,14,29H,5-6,9,11,22H2,1-4H3,(H3,23,24,25,26)/t12-,14+/m1/s1. The fraction of sp³-hybridized carbons (Fsp3) is 0.476. The van der Waals surface area contributed by atoms with Crippen LogP contribution in [0, 0.1) is 0 Å². The summed E-state index contributed by atoms with van der Waals surface area (Å²) in [7, 11) is 3.22. The molecule has 0 bridgehead atoms. The first-order valence-corrected chi connectivity index (χ1v) is 10.3. The smallest absolute Gasteiger partial charge is 0.222 e. The van der Waals surface area contributed by atoms with Gasteiger partial charge < -0.3 is 31.4 Å². The molecule has 0 unspecified atom stereocenters. The summed E-state index contributed by atoms with van der Waals surface area (Å²) in [6.07, 6.45) is 3.51. The molecule has 2 atom stereocenters. The Labute approximate surface area is 181 Å². The molecule has 3 rings (SSSR count). The molecule has 0 radical (unpaired) electrons. The van der Waals surface area contributed by atoms with Crippen LogP contribution in [-0.2, 0) is 6.54 Å². The summed E-state index contributed by atoms with van der Waals surface area (Å²) in [5, 5.41) is 17.5. The Morgan fingerprint density at radius 3 is 2.42 bits per heavy atom. The van der Waals surface area contributed by atoms with Gasteiger partial charge in [0.2, 0.25) is 5.95 Å². The van der Waals surface area contributed by atoms with Crippen molar-refractivity contribution in [2.45, 2.75) is 45.3 Å². The van der Waals surface area contributed by atoms with Gasteiger partial charge in [-0.15, -0.1) is 0 Å². The number of methoxy groups -OCH3 is 2. The van der Waals surface area contributed by atoms with Gasteiger partial charge in [0.15, 0.2) is 11.3 Å². The zero-order valence-corrected chi connectivity index (χ0v) is 18.4. The summed E-state index contributed by atoms with van der Waals surface area (Å²) in [6.45, 7) is 4.34. The van der Waals surface area contributed by atoms with Crippen LogP contribution in [0.5, 0.6) is 11.5 Å². The summed E-state index contributed by atoms with van der Waals surface area (Å²) in [5.41, 5.74) is 14.9. The first kappa shape index (κ1) is 22.6. The number of benzene rings is 1. The quantitative estimate of drug-likeness (QED) is 0.380. The molecule has 0 saturated heterocycles. The molecule has 0 spiro atoms. The second kappa shape index (κ2) is 9.80. The number of anilines is 2. The molecule has 10 heteroatoms. The Hall–Kier alpha value is -3.11. The zero-order chi connectivity index (χ0) is 22.5. The molecule has 0 aliphatic heterocycles. The van der Waals surface area contributed by atoms with Crippen LogP contribution in [-0.4, -0.2) is 51.7 Å². The van der Waals surface area contributed by atoms with Crippen molar-refractivity contribution in [2.24, 2.45) is 5.73 Å². The molecular formula is C21H31N7O3. The van der Waals surface area contributed by atoms with Crippen LogP contribution in [0.2, 0.25) is 0 Å². The largest absolute Gasteiger partial charge is 0.496 e. The molecule has 2 aromatic heterocycles. The first-order valence-electron chi connectivity index (χ1n) is 10.3. The molecule has 10 nitrogen and oxygen atoms in total. The summed E-state index contributed by atoms with van der Waals surface area (Å²) in [5.74, 6) is 1.97. The van der Waals surface area contributed by atoms with Crippen LogP contribution in [0.1, 0.15) is 43.9 Å². The van der Waals surface area contributed by atoms with Crippen molar-refractivity contribution >= 4 is 22.8 Å². The lowest BCUT2D eigenvalue weighted by Crippen LogP contribution is -2.24. The van der Waals surface area contributed by atoms with Crippen LogP contribution in [0.15, 0.2) is 18.3 Å². The van der Waals surface area contributed by atoms with Gasteiger partial charge in [-0.2, -0.15) is 10.1 Å². The highest BCUT2D eigenvalue weighted by molar-refractivity contribution is 5.86. The molecule has 0 saturated carbocycles. The number of nitrogens with one attached hydrogen (secondary N) is 1. The van der Waals surface area contributed by atoms with Gasteiger partial charge in [-0.3, -0.25) is 4.68 Å². The number of nitrogens with zero attached hydrogens (tertiary/aromatic N) is 4. The maximum absolute atomic E-state index is 9.64. The molecule has 0 amide bonds. The fourth-order valence-corrected chi connectivity index (χ4v) is 3.49. The van der Waals surface area contributed by atoms with Crippen molar-refractivity contribution in [1.29, 1.82) is 0 Å². The second-order valence-electron chi connectivity index (χ2n) is 7.50. The summed E-state index contributed by atoms with van der Waals surface area (Å²) in [4.78, 5) is 8.60. The Morgan fingerprint density at radius 2 is 1.87 bits per heavy atom. The topological polar surface area (TPSA) is 146 Å². The van der Waals surface area contributed by atoms with Crippen LogP contribution < -0.4 is 26.3 Å². The van der Waals surface area contributed by atoms with Crippen molar-refractivity contribution < 1.29 is 14.6 Å². The van der Waals surface area contributed by atoms with Gasteiger partial charge in [0, 0.05) is 6.04 Å². The molecule has 6 N–H and O–H groups in total. The Bertz CT molecular complexity index is 1010. The van der Waals surface area contributed by atoms with Gasteiger partial charge >= 0.3 is 0 Å². The molecule has 2 heterocycles. The minimum Gasteiger partial charge on any atom is -0.496 e. The third kappa shape index (κ3) is 4.97. The Balaban J connectivity index is 2.00. The number of aromatic nitrogens is 4. The van der Waals surface area contributed by atoms with Crippen molar-refractivity contribution in [3.8, 4) is 11.5 Å². The van der Waals surface area contributed by atoms with Crippen molar-refractivity contribution in [1.82, 2.24) is 19.7 Å². The van der Waals surface area contributed by atoms with E-state index >= 15 is 0 Å². The van der Waals surface area contributed by atoms with Gasteiger partial charge in [-0.05, 0) is 31.0 Å². The lowest BCUT2D eigenvalue weighted by atomic mass is 10.0. The van der Waals surface area contributed by atoms with Crippen molar-refractivity contribution in [3.05, 3.63) is 29.5 Å². The predicted molar refractivity (Wildman–Crippen MR) is 120 cm³/mol. The number of hydrogen-bond acceptors (Lipinski definition) is 9. The predicted octanol–water partition coefficient (Wildman–Crippen LogP) is 2.07. The normalized spacial score (nSPS) is 13.2. The SMILES string of the molecule is CCC[C@@H](CO)Nc1nc(N)nc2cn(Cc3c(OC)cc([C@@H](C)N)cc3OC)nc12. The van der Waals surface area contributed by atoms with Gasteiger partial charge in [0.05, 0.1) is 45.2 Å². The number of hydrogen-bond donors (Lipinski definition) is 4. The van der Waals surface area contributed by atoms with E-state index in [1.54, 1.807) is 25.1 Å². The minimum atomic E-state index is -0.154. The molecule has 0 aliphatic carbocycles. The molecule has 1 aromatic carbocycles. The average Bonchev–Trinajstić information content (AvgIpc) is 3.15. The number of fused-ring (bicyclic) bond motifs is 1. The Kier molecular flexibility index (Phi) is 7.13. The van der Waals surface area contributed by atoms with Crippen LogP contribution in [0.4, 0.5) is 11.8 Å². The number of aliphatic hydroxyl groups excluding tert-OH is 1. The van der Waals surface area contributed by atoms with Crippen molar-refractivity contribution in [3.63, 3.8) is 0 Å². The third-order valence-electron chi connectivity index (χ3n) is 5.10. The minimum absolute atomic E-state index is 0.0136. The maximum Gasteiger partial charge on any atom is 0.222 e. The van der Waals surface area contributed by atoms with E-state index in [1.165, 1.54) is 0 Å². The van der Waals surface area contributed by atoms with E-state index in [1.807, 2.05) is 19.1 Å². The van der Waals surface area contributed by atoms with E-state index < -0.39 is 0 Å². The highest BCUT2D eigenvalue weighted by Crippen LogP contribution is 2.33. The number of nitrogens with two attached hydrogens (primary N) is 2. The second-order valence-corrected chi connectivity index (χ2v) is 7.50. The van der Waals surface area contributed by atoms with Gasteiger partial charge in [-0.1, -0.05) is 13.3 Å². The van der Waals surface area contributed by atoms with Gasteiger partial charge in [-0.25, -0.2) is 4.98 Å². The van der Waals surface area contributed by atoms with E-state index in [9.17, 15) is 5.11 Å². The van der Waals surface area contributed by atoms with E-state index in [2.05, 4.69) is 27.3 Å². The van der Waals surface area contributed by atoms with Crippen LogP contribution in [0.3, 0.4) is 0 Å². The molecule has 3 aromatic rings. The number of ether oxygens (including phenoxy) is 2. The molecule has 31 heavy (non-hydrogen) atoms. The highest BCUT2D eigenvalue weighted by Gasteiger charge is 2.18. The monoisotopic (exact) mass is 429 g/mol. The summed E-state index contributed by atoms with van der Waals surface area (Å²) >= 11 is 0. The number of aliphatic hydroxyl groups is 1. The maximum atomic E-state index is 9.64. The first-order chi connectivity index (χ1) is 14.9. The summed E-state index contributed by atoms with van der Waals surface area (Å²) < 4.78 is 12.9. The lowest BCUT2D eigenvalue weighted by molar-refractivity contribution is 0.268. The molecular weight excluding hydrogens is 398 g/mol. The molecule has 0 fully saturated rings. The van der Waals surface area contributed by atoms with E-state index in [4.69, 9.17) is 20.9 Å². The number of rotatable bonds is 10. The Morgan fingerprint density at radius 1 is 1.19 bits per heavy atom. The molecule has 0 aliphatic rings. The van der Waals surface area contributed by atoms with Gasteiger partial charge in [0.25, 0.3) is 0 Å². The highest BCUT2D eigenvalue weighted by atomic mass is 16.5. The average molecular weight is 430 g/mol.